The Balaban J connectivity index is 4.07. The number of esters is 1. The summed E-state index contributed by atoms with van der Waals surface area (Å²) in [7, 11) is 1.45. The average Bonchev–Trinajstić information content (AvgIpc) is 2.78. The zero-order valence-electron chi connectivity index (χ0n) is 21.2. The maximum Gasteiger partial charge on any atom is 0.305 e. The number of rotatable bonds is 24. The molecule has 0 aromatic rings. The van der Waals surface area contributed by atoms with Crippen molar-refractivity contribution in [1.82, 2.24) is 0 Å². The van der Waals surface area contributed by atoms with Crippen LogP contribution in [0, 0.1) is 0 Å². The summed E-state index contributed by atoms with van der Waals surface area (Å²) in [4.78, 5) is 11.2. The minimum atomic E-state index is -0.328. The average molecular weight is 443 g/mol. The summed E-state index contributed by atoms with van der Waals surface area (Å²) in [6.07, 6.45) is 22.5. The van der Waals surface area contributed by atoms with Crippen LogP contribution in [0.1, 0.15) is 142 Å². The number of hydrogen-bond acceptors (Lipinski definition) is 4. The zero-order chi connectivity index (χ0) is 23.0. The predicted octanol–water partition coefficient (Wildman–Crippen LogP) is 7.75. The van der Waals surface area contributed by atoms with E-state index in [1.807, 2.05) is 0 Å². The van der Waals surface area contributed by atoms with Gasteiger partial charge in [-0.3, -0.25) is 4.79 Å². The summed E-state index contributed by atoms with van der Waals surface area (Å²) in [5.74, 6) is -0.110. The van der Waals surface area contributed by atoms with Crippen molar-refractivity contribution in [2.24, 2.45) is 0 Å². The minimum absolute atomic E-state index is 0.0126. The number of ether oxygens (including phenoxy) is 2. The van der Waals surface area contributed by atoms with E-state index in [1.165, 1.54) is 71.3 Å². The molecule has 0 aromatic carbocycles. The molecule has 0 saturated heterocycles. The standard InChI is InChI=1S/C27H54O4/c1-4-6-8-10-13-17-21-25(28)26(31-24-20-16-11-9-7-5-2)22-18-14-12-15-19-23-27(29)30-3/h25-26,28H,4-24H2,1-3H3. The van der Waals surface area contributed by atoms with Gasteiger partial charge in [-0.25, -0.2) is 0 Å². The Labute approximate surface area is 193 Å². The van der Waals surface area contributed by atoms with Crippen molar-refractivity contribution in [1.29, 1.82) is 0 Å². The zero-order valence-corrected chi connectivity index (χ0v) is 21.2. The molecule has 0 saturated carbocycles. The quantitative estimate of drug-likeness (QED) is 0.123. The van der Waals surface area contributed by atoms with Crippen molar-refractivity contribution in [3.63, 3.8) is 0 Å². The van der Waals surface area contributed by atoms with Crippen molar-refractivity contribution in [2.75, 3.05) is 13.7 Å². The first-order valence-electron chi connectivity index (χ1n) is 13.5. The molecule has 0 amide bonds. The van der Waals surface area contributed by atoms with E-state index in [-0.39, 0.29) is 18.2 Å². The van der Waals surface area contributed by atoms with Gasteiger partial charge in [0.1, 0.15) is 0 Å². The van der Waals surface area contributed by atoms with E-state index in [0.717, 1.165) is 64.4 Å². The molecular weight excluding hydrogens is 388 g/mol. The molecule has 0 aliphatic heterocycles. The summed E-state index contributed by atoms with van der Waals surface area (Å²) < 4.78 is 10.9. The monoisotopic (exact) mass is 442 g/mol. The largest absolute Gasteiger partial charge is 0.469 e. The van der Waals surface area contributed by atoms with Gasteiger partial charge in [-0.15, -0.1) is 0 Å². The van der Waals surface area contributed by atoms with Gasteiger partial charge in [-0.05, 0) is 25.7 Å². The molecule has 2 atom stereocenters. The topological polar surface area (TPSA) is 55.8 Å². The summed E-state index contributed by atoms with van der Waals surface area (Å²) in [5.41, 5.74) is 0. The first-order valence-corrected chi connectivity index (χ1v) is 13.5. The van der Waals surface area contributed by atoms with E-state index in [2.05, 4.69) is 18.6 Å². The Morgan fingerprint density at radius 2 is 1.16 bits per heavy atom. The summed E-state index contributed by atoms with van der Waals surface area (Å²) in [5, 5.41) is 10.7. The van der Waals surface area contributed by atoms with Crippen molar-refractivity contribution >= 4 is 5.97 Å². The number of hydrogen-bond donors (Lipinski definition) is 1. The second kappa shape index (κ2) is 24.0. The fraction of sp³-hybridized carbons (Fsp3) is 0.963. The maximum absolute atomic E-state index is 11.2. The second-order valence-corrected chi connectivity index (χ2v) is 9.18. The van der Waals surface area contributed by atoms with Gasteiger partial charge in [0.15, 0.2) is 0 Å². The Morgan fingerprint density at radius 3 is 1.74 bits per heavy atom. The van der Waals surface area contributed by atoms with Crippen molar-refractivity contribution in [3.8, 4) is 0 Å². The van der Waals surface area contributed by atoms with E-state index in [4.69, 9.17) is 4.74 Å². The van der Waals surface area contributed by atoms with Crippen LogP contribution in [0.25, 0.3) is 0 Å². The molecular formula is C27H54O4. The van der Waals surface area contributed by atoms with Crippen LogP contribution in [0.15, 0.2) is 0 Å². The molecule has 0 bridgehead atoms. The number of methoxy groups -OCH3 is 1. The van der Waals surface area contributed by atoms with Crippen LogP contribution >= 0.6 is 0 Å². The molecule has 0 aromatic heterocycles. The Hall–Kier alpha value is -0.610. The highest BCUT2D eigenvalue weighted by atomic mass is 16.5. The predicted molar refractivity (Wildman–Crippen MR) is 131 cm³/mol. The molecule has 4 heteroatoms. The molecule has 0 heterocycles. The molecule has 4 nitrogen and oxygen atoms in total. The van der Waals surface area contributed by atoms with E-state index >= 15 is 0 Å². The Bertz CT molecular complexity index is 372. The van der Waals surface area contributed by atoms with Gasteiger partial charge in [0.25, 0.3) is 0 Å². The highest BCUT2D eigenvalue weighted by Crippen LogP contribution is 2.18. The maximum atomic E-state index is 11.2. The molecule has 0 fully saturated rings. The third kappa shape index (κ3) is 21.0. The van der Waals surface area contributed by atoms with Crippen LogP contribution < -0.4 is 0 Å². The minimum Gasteiger partial charge on any atom is -0.469 e. The lowest BCUT2D eigenvalue weighted by atomic mass is 9.99. The van der Waals surface area contributed by atoms with E-state index in [1.54, 1.807) is 0 Å². The molecule has 0 aliphatic carbocycles. The molecule has 0 rings (SSSR count). The fourth-order valence-electron chi connectivity index (χ4n) is 4.07. The van der Waals surface area contributed by atoms with Gasteiger partial charge in [0, 0.05) is 13.0 Å². The second-order valence-electron chi connectivity index (χ2n) is 9.18. The summed E-state index contributed by atoms with van der Waals surface area (Å²) in [6.45, 7) is 5.27. The molecule has 0 radical (unpaired) electrons. The SMILES string of the molecule is CCCCCCCCOC(CCCCCCCC(=O)OC)C(O)CCCCCCCC. The molecule has 1 N–H and O–H groups in total. The Morgan fingerprint density at radius 1 is 0.677 bits per heavy atom. The Kier molecular flexibility index (Phi) is 23.6. The smallest absolute Gasteiger partial charge is 0.305 e. The van der Waals surface area contributed by atoms with Crippen LogP contribution in [-0.2, 0) is 14.3 Å². The first-order chi connectivity index (χ1) is 15.2. The van der Waals surface area contributed by atoms with Crippen molar-refractivity contribution in [2.45, 2.75) is 154 Å². The normalized spacial score (nSPS) is 13.3. The molecule has 0 spiro atoms. The van der Waals surface area contributed by atoms with E-state index in [0.29, 0.717) is 6.42 Å². The molecule has 2 unspecified atom stereocenters. The van der Waals surface area contributed by atoms with E-state index in [9.17, 15) is 9.90 Å². The van der Waals surface area contributed by atoms with Crippen molar-refractivity contribution in [3.05, 3.63) is 0 Å². The number of aliphatic hydroxyl groups excluding tert-OH is 1. The van der Waals surface area contributed by atoms with Gasteiger partial charge in [0.2, 0.25) is 0 Å². The lowest BCUT2D eigenvalue weighted by Gasteiger charge is -2.24. The third-order valence-electron chi connectivity index (χ3n) is 6.21. The number of unbranched alkanes of at least 4 members (excludes halogenated alkanes) is 14. The third-order valence-corrected chi connectivity index (χ3v) is 6.21. The van der Waals surface area contributed by atoms with Gasteiger partial charge >= 0.3 is 5.97 Å². The highest BCUT2D eigenvalue weighted by molar-refractivity contribution is 5.68. The van der Waals surface area contributed by atoms with Gasteiger partial charge in [-0.1, -0.05) is 110 Å². The van der Waals surface area contributed by atoms with Crippen LogP contribution in [0.3, 0.4) is 0 Å². The van der Waals surface area contributed by atoms with E-state index < -0.39 is 0 Å². The number of carbonyl (C=O) groups is 1. The van der Waals surface area contributed by atoms with Crippen LogP contribution in [-0.4, -0.2) is 37.0 Å². The lowest BCUT2D eigenvalue weighted by molar-refractivity contribution is -0.140. The summed E-state index contributed by atoms with van der Waals surface area (Å²) in [6, 6.07) is 0. The number of carbonyl (C=O) groups excluding carboxylic acids is 1. The lowest BCUT2D eigenvalue weighted by Crippen LogP contribution is -2.29. The van der Waals surface area contributed by atoms with Gasteiger partial charge in [-0.2, -0.15) is 0 Å². The molecule has 186 valence electrons. The molecule has 31 heavy (non-hydrogen) atoms. The first kappa shape index (κ1) is 30.4. The van der Waals surface area contributed by atoms with Gasteiger partial charge < -0.3 is 14.6 Å². The van der Waals surface area contributed by atoms with Crippen molar-refractivity contribution < 1.29 is 19.4 Å². The van der Waals surface area contributed by atoms with Gasteiger partial charge in [0.05, 0.1) is 19.3 Å². The summed E-state index contributed by atoms with van der Waals surface area (Å²) >= 11 is 0. The van der Waals surface area contributed by atoms with Crippen LogP contribution in [0.4, 0.5) is 0 Å². The number of aliphatic hydroxyl groups is 1. The van der Waals surface area contributed by atoms with Crippen LogP contribution in [0.5, 0.6) is 0 Å². The fourth-order valence-corrected chi connectivity index (χ4v) is 4.07. The molecule has 0 aliphatic rings. The highest BCUT2D eigenvalue weighted by Gasteiger charge is 2.19. The van der Waals surface area contributed by atoms with Crippen LogP contribution in [0.2, 0.25) is 0 Å².